The molecule has 2 aromatic rings. The number of halogens is 4. The summed E-state index contributed by atoms with van der Waals surface area (Å²) >= 11 is 1.16. The zero-order valence-electron chi connectivity index (χ0n) is 13.9. The number of benzene rings is 1. The maximum absolute atomic E-state index is 13.6. The molecule has 140 valence electrons. The summed E-state index contributed by atoms with van der Waals surface area (Å²) < 4.78 is 53.5. The van der Waals surface area contributed by atoms with Gasteiger partial charge in [0.1, 0.15) is 16.8 Å². The van der Waals surface area contributed by atoms with Gasteiger partial charge in [0.25, 0.3) is 0 Å². The van der Waals surface area contributed by atoms with Crippen molar-refractivity contribution >= 4 is 23.4 Å². The number of pyridine rings is 1. The van der Waals surface area contributed by atoms with E-state index in [1.54, 1.807) is 6.07 Å². The lowest BCUT2D eigenvalue weighted by Crippen LogP contribution is -2.16. The zero-order chi connectivity index (χ0) is 19.6. The SMILES string of the molecule is N#Cc1cc2c(nc1SCCC(=O)Nc1c(F)c(F)cc(F)c1F)CCC2. The summed E-state index contributed by atoms with van der Waals surface area (Å²) in [6.45, 7) is 0. The lowest BCUT2D eigenvalue weighted by atomic mass is 10.2. The summed E-state index contributed by atoms with van der Waals surface area (Å²) in [6, 6.07) is 3.92. The number of aromatic nitrogens is 1. The molecule has 1 heterocycles. The number of carbonyl (C=O) groups excluding carboxylic acids is 1. The molecule has 9 heteroatoms. The molecule has 1 aliphatic carbocycles. The second-order valence-electron chi connectivity index (χ2n) is 5.90. The Morgan fingerprint density at radius 1 is 1.19 bits per heavy atom. The van der Waals surface area contributed by atoms with Gasteiger partial charge >= 0.3 is 0 Å². The van der Waals surface area contributed by atoms with Crippen LogP contribution in [0, 0.1) is 34.6 Å². The average Bonchev–Trinajstić information content (AvgIpc) is 3.10. The number of thioether (sulfide) groups is 1. The van der Waals surface area contributed by atoms with Gasteiger partial charge in [-0.25, -0.2) is 22.5 Å². The van der Waals surface area contributed by atoms with Crippen LogP contribution >= 0.6 is 11.8 Å². The molecule has 4 nitrogen and oxygen atoms in total. The molecular formula is C18H13F4N3OS. The third-order valence-electron chi connectivity index (χ3n) is 4.08. The molecule has 1 aromatic carbocycles. The fourth-order valence-corrected chi connectivity index (χ4v) is 3.68. The summed E-state index contributed by atoms with van der Waals surface area (Å²) in [5, 5.41) is 11.6. The van der Waals surface area contributed by atoms with Crippen molar-refractivity contribution in [3.8, 4) is 6.07 Å². The van der Waals surface area contributed by atoms with Gasteiger partial charge in [0.15, 0.2) is 23.3 Å². The highest BCUT2D eigenvalue weighted by Crippen LogP contribution is 2.28. The molecule has 27 heavy (non-hydrogen) atoms. The van der Waals surface area contributed by atoms with E-state index in [-0.39, 0.29) is 18.2 Å². The van der Waals surface area contributed by atoms with Gasteiger partial charge in [0.2, 0.25) is 5.91 Å². The third-order valence-corrected chi connectivity index (χ3v) is 5.07. The number of amides is 1. The molecule has 0 spiro atoms. The second-order valence-corrected chi connectivity index (χ2v) is 6.99. The zero-order valence-corrected chi connectivity index (χ0v) is 14.7. The first-order valence-electron chi connectivity index (χ1n) is 8.09. The highest BCUT2D eigenvalue weighted by molar-refractivity contribution is 7.99. The molecule has 0 aliphatic heterocycles. The van der Waals surface area contributed by atoms with Crippen molar-refractivity contribution in [2.24, 2.45) is 0 Å². The summed E-state index contributed by atoms with van der Waals surface area (Å²) in [4.78, 5) is 16.3. The Kier molecular flexibility index (Phi) is 5.65. The Labute approximate surface area is 156 Å². The summed E-state index contributed by atoms with van der Waals surface area (Å²) in [5.74, 6) is -7.17. The number of nitrogens with one attached hydrogen (secondary N) is 1. The van der Waals surface area contributed by atoms with Crippen molar-refractivity contribution in [3.63, 3.8) is 0 Å². The smallest absolute Gasteiger partial charge is 0.225 e. The van der Waals surface area contributed by atoms with Crippen molar-refractivity contribution in [2.45, 2.75) is 30.7 Å². The summed E-state index contributed by atoms with van der Waals surface area (Å²) in [5.41, 5.74) is 1.23. The van der Waals surface area contributed by atoms with E-state index in [0.717, 1.165) is 42.3 Å². The van der Waals surface area contributed by atoms with E-state index >= 15 is 0 Å². The van der Waals surface area contributed by atoms with E-state index in [4.69, 9.17) is 0 Å². The Balaban J connectivity index is 1.64. The topological polar surface area (TPSA) is 65.8 Å². The molecule has 0 saturated heterocycles. The Hall–Kier alpha value is -2.60. The minimum Gasteiger partial charge on any atom is -0.321 e. The first-order chi connectivity index (χ1) is 12.9. The number of nitriles is 1. The lowest BCUT2D eigenvalue weighted by molar-refractivity contribution is -0.115. The molecule has 3 rings (SSSR count). The van der Waals surface area contributed by atoms with Crippen LogP contribution in [0.5, 0.6) is 0 Å². The van der Waals surface area contributed by atoms with Crippen LogP contribution in [-0.4, -0.2) is 16.6 Å². The normalized spacial score (nSPS) is 12.6. The number of rotatable bonds is 5. The van der Waals surface area contributed by atoms with Gasteiger partial charge < -0.3 is 5.32 Å². The molecule has 1 amide bonds. The van der Waals surface area contributed by atoms with Crippen LogP contribution in [0.1, 0.15) is 29.7 Å². The monoisotopic (exact) mass is 395 g/mol. The molecule has 0 bridgehead atoms. The number of hydrogen-bond donors (Lipinski definition) is 1. The first kappa shape index (κ1) is 19.2. The van der Waals surface area contributed by atoms with E-state index in [0.29, 0.717) is 10.6 Å². The molecule has 1 aromatic heterocycles. The summed E-state index contributed by atoms with van der Waals surface area (Å²) in [6.07, 6.45) is 2.50. The molecule has 0 atom stereocenters. The number of anilines is 1. The number of fused-ring (bicyclic) bond motifs is 1. The van der Waals surface area contributed by atoms with Crippen molar-refractivity contribution in [2.75, 3.05) is 11.1 Å². The van der Waals surface area contributed by atoms with E-state index in [2.05, 4.69) is 11.1 Å². The second kappa shape index (κ2) is 7.96. The highest BCUT2D eigenvalue weighted by Gasteiger charge is 2.21. The van der Waals surface area contributed by atoms with Gasteiger partial charge in [0, 0.05) is 23.9 Å². The minimum atomic E-state index is -1.66. The molecule has 0 fully saturated rings. The van der Waals surface area contributed by atoms with Gasteiger partial charge in [-0.15, -0.1) is 11.8 Å². The van der Waals surface area contributed by atoms with E-state index < -0.39 is 34.9 Å². The Morgan fingerprint density at radius 2 is 1.89 bits per heavy atom. The molecule has 1 aliphatic rings. The van der Waals surface area contributed by atoms with Gasteiger partial charge in [-0.3, -0.25) is 4.79 Å². The molecule has 1 N–H and O–H groups in total. The Morgan fingerprint density at radius 3 is 2.56 bits per heavy atom. The van der Waals surface area contributed by atoms with Crippen LogP contribution < -0.4 is 5.32 Å². The number of nitrogens with zero attached hydrogens (tertiary/aromatic N) is 2. The lowest BCUT2D eigenvalue weighted by Gasteiger charge is -2.09. The average molecular weight is 395 g/mol. The number of aryl methyl sites for hydroxylation is 2. The molecule has 0 unspecified atom stereocenters. The molecule has 0 saturated carbocycles. The maximum atomic E-state index is 13.6. The van der Waals surface area contributed by atoms with Crippen LogP contribution in [0.4, 0.5) is 23.2 Å². The van der Waals surface area contributed by atoms with E-state index in [1.807, 2.05) is 5.32 Å². The standard InChI is InChI=1S/C18H13F4N3OS/c19-11-7-12(20)16(22)17(15(11)21)25-14(26)4-5-27-18-10(8-23)6-9-2-1-3-13(9)24-18/h6-7H,1-5H2,(H,25,26). The van der Waals surface area contributed by atoms with Crippen LogP contribution in [0.25, 0.3) is 0 Å². The van der Waals surface area contributed by atoms with Crippen LogP contribution in [0.3, 0.4) is 0 Å². The van der Waals surface area contributed by atoms with Crippen molar-refractivity contribution < 1.29 is 22.4 Å². The van der Waals surface area contributed by atoms with Crippen LogP contribution in [0.2, 0.25) is 0 Å². The molecular weight excluding hydrogens is 382 g/mol. The minimum absolute atomic E-state index is 0.0686. The van der Waals surface area contributed by atoms with Gasteiger partial charge in [-0.05, 0) is 30.9 Å². The summed E-state index contributed by atoms with van der Waals surface area (Å²) in [7, 11) is 0. The predicted molar refractivity (Wildman–Crippen MR) is 91.2 cm³/mol. The van der Waals surface area contributed by atoms with Gasteiger partial charge in [-0.2, -0.15) is 5.26 Å². The fourth-order valence-electron chi connectivity index (χ4n) is 2.77. The van der Waals surface area contributed by atoms with E-state index in [9.17, 15) is 27.6 Å². The van der Waals surface area contributed by atoms with Crippen molar-refractivity contribution in [1.29, 1.82) is 5.26 Å². The van der Waals surface area contributed by atoms with E-state index in [1.165, 1.54) is 0 Å². The third kappa shape index (κ3) is 4.06. The quantitative estimate of drug-likeness (QED) is 0.470. The van der Waals surface area contributed by atoms with Gasteiger partial charge in [-0.1, -0.05) is 0 Å². The number of hydrogen-bond acceptors (Lipinski definition) is 4. The largest absolute Gasteiger partial charge is 0.321 e. The number of carbonyl (C=O) groups is 1. The first-order valence-corrected chi connectivity index (χ1v) is 9.07. The Bertz CT molecular complexity index is 933. The maximum Gasteiger partial charge on any atom is 0.225 e. The van der Waals surface area contributed by atoms with Gasteiger partial charge in [0.05, 0.1) is 5.56 Å². The van der Waals surface area contributed by atoms with Crippen LogP contribution in [-0.2, 0) is 17.6 Å². The van der Waals surface area contributed by atoms with Crippen LogP contribution in [0.15, 0.2) is 17.2 Å². The van der Waals surface area contributed by atoms with Crippen molar-refractivity contribution in [3.05, 3.63) is 52.2 Å². The molecule has 0 radical (unpaired) electrons. The predicted octanol–water partition coefficient (Wildman–Crippen LogP) is 4.12. The fraction of sp³-hybridized carbons (Fsp3) is 0.278. The highest BCUT2D eigenvalue weighted by atomic mass is 32.2. The van der Waals surface area contributed by atoms with Crippen molar-refractivity contribution in [1.82, 2.24) is 4.98 Å².